The Morgan fingerprint density at radius 3 is 2.40 bits per heavy atom. The van der Waals surface area contributed by atoms with E-state index in [0.29, 0.717) is 4.88 Å². The predicted octanol–water partition coefficient (Wildman–Crippen LogP) is -0.0304. The maximum atomic E-state index is 11.9. The van der Waals surface area contributed by atoms with Crippen molar-refractivity contribution >= 4 is 34.2 Å². The number of urea groups is 1. The summed E-state index contributed by atoms with van der Waals surface area (Å²) in [6, 6.07) is -0.625. The Bertz CT molecular complexity index is 471. The van der Waals surface area contributed by atoms with Gasteiger partial charge in [-0.25, -0.2) is 9.78 Å². The summed E-state index contributed by atoms with van der Waals surface area (Å²) < 4.78 is 0. The molecule has 0 aromatic carbocycles. The van der Waals surface area contributed by atoms with Crippen LogP contribution >= 0.6 is 11.3 Å². The van der Waals surface area contributed by atoms with Crippen molar-refractivity contribution < 1.29 is 9.59 Å². The molecule has 0 fully saturated rings. The van der Waals surface area contributed by atoms with Crippen molar-refractivity contribution in [3.63, 3.8) is 0 Å². The molecule has 3 amide bonds. The van der Waals surface area contributed by atoms with Gasteiger partial charge in [0.1, 0.15) is 10.7 Å². The highest BCUT2D eigenvalue weighted by Crippen LogP contribution is 2.27. The van der Waals surface area contributed by atoms with E-state index in [9.17, 15) is 9.59 Å². The van der Waals surface area contributed by atoms with E-state index in [1.165, 1.54) is 11.3 Å². The standard InChI is InChI=1S/C11H20N6O2S/c1-3-17(4-2)11-16-8(12)7(20-11)9(18)14-5-6-15-10(13)19/h3-6,12H2,1-2H3,(H,14,18)(H3,13,15,19). The highest BCUT2D eigenvalue weighted by molar-refractivity contribution is 7.18. The number of primary amides is 1. The number of hydrogen-bond donors (Lipinski definition) is 4. The lowest BCUT2D eigenvalue weighted by atomic mass is 10.4. The summed E-state index contributed by atoms with van der Waals surface area (Å²) in [5.74, 6) is -0.0815. The van der Waals surface area contributed by atoms with Gasteiger partial charge in [0.2, 0.25) is 0 Å². The number of nitrogen functional groups attached to an aromatic ring is 1. The number of nitrogens with two attached hydrogens (primary N) is 2. The summed E-state index contributed by atoms with van der Waals surface area (Å²) in [4.78, 5) is 29.0. The maximum Gasteiger partial charge on any atom is 0.312 e. The Hall–Kier alpha value is -2.03. The van der Waals surface area contributed by atoms with Crippen molar-refractivity contribution in [2.75, 3.05) is 36.8 Å². The highest BCUT2D eigenvalue weighted by atomic mass is 32.1. The van der Waals surface area contributed by atoms with E-state index in [2.05, 4.69) is 15.6 Å². The zero-order valence-electron chi connectivity index (χ0n) is 11.6. The van der Waals surface area contributed by atoms with Crippen LogP contribution in [-0.2, 0) is 0 Å². The fourth-order valence-electron chi connectivity index (χ4n) is 1.55. The largest absolute Gasteiger partial charge is 0.382 e. The van der Waals surface area contributed by atoms with Gasteiger partial charge in [-0.05, 0) is 13.8 Å². The SMILES string of the molecule is CCN(CC)c1nc(N)c(C(=O)NCCNC(N)=O)s1. The molecule has 1 aromatic rings. The van der Waals surface area contributed by atoms with Gasteiger partial charge in [-0.15, -0.1) is 0 Å². The Morgan fingerprint density at radius 2 is 1.85 bits per heavy atom. The van der Waals surface area contributed by atoms with Crippen LogP contribution in [-0.4, -0.2) is 43.1 Å². The molecule has 0 aliphatic carbocycles. The number of amides is 3. The summed E-state index contributed by atoms with van der Waals surface area (Å²) in [5.41, 5.74) is 10.7. The quantitative estimate of drug-likeness (QED) is 0.526. The minimum atomic E-state index is -0.625. The Kier molecular flexibility index (Phi) is 6.04. The maximum absolute atomic E-state index is 11.9. The van der Waals surface area contributed by atoms with Crippen molar-refractivity contribution in [2.24, 2.45) is 5.73 Å². The lowest BCUT2D eigenvalue weighted by molar-refractivity contribution is 0.0958. The first-order chi connectivity index (χ1) is 9.49. The summed E-state index contributed by atoms with van der Waals surface area (Å²) in [5, 5.41) is 5.76. The number of nitrogens with zero attached hydrogens (tertiary/aromatic N) is 2. The van der Waals surface area contributed by atoms with Gasteiger partial charge in [-0.1, -0.05) is 11.3 Å². The summed E-state index contributed by atoms with van der Waals surface area (Å²) in [6.07, 6.45) is 0. The molecule has 6 N–H and O–H groups in total. The molecular formula is C11H20N6O2S. The molecule has 0 aliphatic rings. The monoisotopic (exact) mass is 300 g/mol. The Morgan fingerprint density at radius 1 is 1.25 bits per heavy atom. The number of hydrogen-bond acceptors (Lipinski definition) is 6. The lowest BCUT2D eigenvalue weighted by Gasteiger charge is -2.16. The number of anilines is 2. The molecule has 1 heterocycles. The third kappa shape index (κ3) is 4.26. The van der Waals surface area contributed by atoms with Crippen LogP contribution in [0.25, 0.3) is 0 Å². The number of carbonyl (C=O) groups is 2. The average molecular weight is 300 g/mol. The Balaban J connectivity index is 2.62. The van der Waals surface area contributed by atoms with E-state index in [1.54, 1.807) is 0 Å². The average Bonchev–Trinajstić information content (AvgIpc) is 2.78. The molecule has 0 spiro atoms. The molecule has 0 saturated heterocycles. The first-order valence-corrected chi connectivity index (χ1v) is 7.13. The molecule has 0 unspecified atom stereocenters. The van der Waals surface area contributed by atoms with Gasteiger partial charge in [-0.3, -0.25) is 4.79 Å². The van der Waals surface area contributed by atoms with Crippen molar-refractivity contribution in [2.45, 2.75) is 13.8 Å². The Labute approximate surface area is 121 Å². The van der Waals surface area contributed by atoms with E-state index >= 15 is 0 Å². The van der Waals surface area contributed by atoms with E-state index < -0.39 is 6.03 Å². The van der Waals surface area contributed by atoms with Crippen LogP contribution < -0.4 is 27.0 Å². The van der Waals surface area contributed by atoms with Gasteiger partial charge in [-0.2, -0.15) is 0 Å². The van der Waals surface area contributed by atoms with E-state index in [1.807, 2.05) is 18.7 Å². The van der Waals surface area contributed by atoms with Crippen LogP contribution in [0.5, 0.6) is 0 Å². The summed E-state index contributed by atoms with van der Waals surface area (Å²) in [7, 11) is 0. The van der Waals surface area contributed by atoms with E-state index in [0.717, 1.165) is 18.2 Å². The van der Waals surface area contributed by atoms with Gasteiger partial charge in [0.05, 0.1) is 0 Å². The summed E-state index contributed by atoms with van der Waals surface area (Å²) >= 11 is 1.25. The third-order valence-corrected chi connectivity index (χ3v) is 3.72. The minimum absolute atomic E-state index is 0.220. The topological polar surface area (TPSA) is 126 Å². The molecule has 0 bridgehead atoms. The molecule has 9 heteroatoms. The fourth-order valence-corrected chi connectivity index (χ4v) is 2.58. The first-order valence-electron chi connectivity index (χ1n) is 6.32. The van der Waals surface area contributed by atoms with Gasteiger partial charge >= 0.3 is 6.03 Å². The molecule has 112 valence electrons. The minimum Gasteiger partial charge on any atom is -0.382 e. The van der Waals surface area contributed by atoms with Crippen LogP contribution in [0.4, 0.5) is 15.7 Å². The van der Waals surface area contributed by atoms with Crippen LogP contribution in [0.1, 0.15) is 23.5 Å². The van der Waals surface area contributed by atoms with Gasteiger partial charge in [0, 0.05) is 26.2 Å². The number of aromatic nitrogens is 1. The van der Waals surface area contributed by atoms with Crippen molar-refractivity contribution in [1.29, 1.82) is 0 Å². The molecular weight excluding hydrogens is 280 g/mol. The predicted molar refractivity (Wildman–Crippen MR) is 80.0 cm³/mol. The second kappa shape index (κ2) is 7.53. The molecule has 20 heavy (non-hydrogen) atoms. The zero-order valence-corrected chi connectivity index (χ0v) is 12.4. The van der Waals surface area contributed by atoms with Crippen molar-refractivity contribution in [1.82, 2.24) is 15.6 Å². The van der Waals surface area contributed by atoms with Crippen LogP contribution in [0, 0.1) is 0 Å². The van der Waals surface area contributed by atoms with Gasteiger partial charge < -0.3 is 27.0 Å². The lowest BCUT2D eigenvalue weighted by Crippen LogP contribution is -2.37. The van der Waals surface area contributed by atoms with Crippen molar-refractivity contribution in [3.05, 3.63) is 4.88 Å². The fraction of sp³-hybridized carbons (Fsp3) is 0.545. The van der Waals surface area contributed by atoms with Crippen LogP contribution in [0.2, 0.25) is 0 Å². The number of nitrogens with one attached hydrogen (secondary N) is 2. The second-order valence-electron chi connectivity index (χ2n) is 3.93. The number of carbonyl (C=O) groups excluding carboxylic acids is 2. The highest BCUT2D eigenvalue weighted by Gasteiger charge is 2.18. The molecule has 0 saturated carbocycles. The van der Waals surface area contributed by atoms with E-state index in [-0.39, 0.29) is 24.8 Å². The third-order valence-electron chi connectivity index (χ3n) is 2.59. The molecule has 0 radical (unpaired) electrons. The van der Waals surface area contributed by atoms with Gasteiger partial charge in [0.15, 0.2) is 5.13 Å². The van der Waals surface area contributed by atoms with Crippen LogP contribution in [0.15, 0.2) is 0 Å². The second-order valence-corrected chi connectivity index (χ2v) is 4.91. The summed E-state index contributed by atoms with van der Waals surface area (Å²) in [6.45, 7) is 6.16. The molecule has 8 nitrogen and oxygen atoms in total. The van der Waals surface area contributed by atoms with Crippen LogP contribution in [0.3, 0.4) is 0 Å². The normalized spacial score (nSPS) is 10.1. The van der Waals surface area contributed by atoms with Crippen molar-refractivity contribution in [3.8, 4) is 0 Å². The molecule has 1 rings (SSSR count). The molecule has 0 atom stereocenters. The first kappa shape index (κ1) is 16.0. The number of rotatable bonds is 7. The molecule has 1 aromatic heterocycles. The number of thiazole rings is 1. The zero-order chi connectivity index (χ0) is 15.1. The smallest absolute Gasteiger partial charge is 0.312 e. The molecule has 0 aliphatic heterocycles. The van der Waals surface area contributed by atoms with Gasteiger partial charge in [0.25, 0.3) is 5.91 Å². The van der Waals surface area contributed by atoms with E-state index in [4.69, 9.17) is 11.5 Å².